The Morgan fingerprint density at radius 2 is 2.11 bits per heavy atom. The number of hydrogen-bond acceptors (Lipinski definition) is 3. The highest BCUT2D eigenvalue weighted by molar-refractivity contribution is 7.99. The van der Waals surface area contributed by atoms with Crippen LogP contribution in [0, 0.1) is 0 Å². The lowest BCUT2D eigenvalue weighted by atomic mass is 10.2. The van der Waals surface area contributed by atoms with E-state index >= 15 is 0 Å². The second-order valence-corrected chi connectivity index (χ2v) is 5.23. The third kappa shape index (κ3) is 1.76. The summed E-state index contributed by atoms with van der Waals surface area (Å²) in [5, 5.41) is 5.36. The molecule has 18 heavy (non-hydrogen) atoms. The summed E-state index contributed by atoms with van der Waals surface area (Å²) in [6.07, 6.45) is 1.97. The Morgan fingerprint density at radius 3 is 2.78 bits per heavy atom. The highest BCUT2D eigenvalue weighted by atomic mass is 32.2. The van der Waals surface area contributed by atoms with Crippen LogP contribution in [-0.4, -0.2) is 20.4 Å². The molecule has 0 aliphatic carbocycles. The fourth-order valence-electron chi connectivity index (χ4n) is 1.93. The van der Waals surface area contributed by atoms with Crippen molar-refractivity contribution in [3.8, 4) is 11.3 Å². The molecule has 0 saturated carbocycles. The maximum Gasteiger partial charge on any atom is 0.158 e. The number of rotatable bonds is 3. The zero-order valence-corrected chi connectivity index (χ0v) is 10.9. The van der Waals surface area contributed by atoms with Crippen LogP contribution >= 0.6 is 11.8 Å². The van der Waals surface area contributed by atoms with Crippen LogP contribution in [0.5, 0.6) is 0 Å². The number of nitrogen functional groups attached to an aromatic ring is 1. The van der Waals surface area contributed by atoms with Crippen LogP contribution in [0.4, 0.5) is 5.69 Å². The molecule has 2 heterocycles. The molecule has 0 fully saturated rings. The Kier molecular flexibility index (Phi) is 2.76. The number of nitrogens with one attached hydrogen (secondary N) is 1. The zero-order valence-electron chi connectivity index (χ0n) is 10.1. The molecule has 0 aliphatic rings. The molecule has 5 heteroatoms. The lowest BCUT2D eigenvalue weighted by molar-refractivity contribution is 0.911. The second-order valence-electron chi connectivity index (χ2n) is 3.98. The number of nitrogens with two attached hydrogens (primary N) is 1. The van der Waals surface area contributed by atoms with Gasteiger partial charge < -0.3 is 10.7 Å². The van der Waals surface area contributed by atoms with E-state index in [4.69, 9.17) is 5.73 Å². The summed E-state index contributed by atoms with van der Waals surface area (Å²) < 4.78 is 1.82. The lowest BCUT2D eigenvalue weighted by Crippen LogP contribution is -1.86. The quantitative estimate of drug-likeness (QED) is 0.710. The van der Waals surface area contributed by atoms with E-state index in [2.05, 4.69) is 29.1 Å². The highest BCUT2D eigenvalue weighted by Gasteiger charge is 2.12. The molecule has 2 aromatic heterocycles. The van der Waals surface area contributed by atoms with Crippen LogP contribution in [0.15, 0.2) is 41.6 Å². The fourth-order valence-corrected chi connectivity index (χ4v) is 2.61. The molecule has 3 N–H and O–H groups in total. The zero-order chi connectivity index (χ0) is 12.5. The first-order valence-corrected chi connectivity index (χ1v) is 6.83. The van der Waals surface area contributed by atoms with E-state index in [1.54, 1.807) is 11.8 Å². The first-order chi connectivity index (χ1) is 8.79. The summed E-state index contributed by atoms with van der Waals surface area (Å²) in [5.74, 6) is 0.968. The Labute approximate surface area is 109 Å². The Morgan fingerprint density at radius 1 is 1.33 bits per heavy atom. The first-order valence-electron chi connectivity index (χ1n) is 5.84. The largest absolute Gasteiger partial charge is 0.393 e. The van der Waals surface area contributed by atoms with Gasteiger partial charge in [-0.1, -0.05) is 37.3 Å². The number of benzene rings is 1. The van der Waals surface area contributed by atoms with E-state index in [0.717, 1.165) is 33.4 Å². The third-order valence-corrected chi connectivity index (χ3v) is 3.65. The minimum absolute atomic E-state index is 0.726. The number of aromatic nitrogens is 3. The number of H-pyrrole nitrogens is 1. The van der Waals surface area contributed by atoms with E-state index in [1.807, 2.05) is 28.9 Å². The molecule has 0 spiro atoms. The minimum atomic E-state index is 0.726. The van der Waals surface area contributed by atoms with E-state index in [0.29, 0.717) is 0 Å². The standard InChI is InChI=1S/C13H14N4S/c1-2-18-13-11(14)12-15-10(8-17(12)16-13)9-6-4-3-5-7-9/h3-8,15H,2,14H2,1H3. The van der Waals surface area contributed by atoms with Gasteiger partial charge in [0.1, 0.15) is 10.7 Å². The van der Waals surface area contributed by atoms with Gasteiger partial charge in [-0.05, 0) is 11.3 Å². The van der Waals surface area contributed by atoms with Gasteiger partial charge in [0.2, 0.25) is 0 Å². The molecule has 0 bridgehead atoms. The predicted octanol–water partition coefficient (Wildman–Crippen LogP) is 3.02. The first kappa shape index (κ1) is 11.2. The van der Waals surface area contributed by atoms with Crippen LogP contribution in [0.2, 0.25) is 0 Å². The summed E-state index contributed by atoms with van der Waals surface area (Å²) in [5.41, 5.74) is 9.83. The van der Waals surface area contributed by atoms with E-state index in [9.17, 15) is 0 Å². The third-order valence-electron chi connectivity index (χ3n) is 2.78. The summed E-state index contributed by atoms with van der Waals surface area (Å²) >= 11 is 1.66. The molecule has 0 unspecified atom stereocenters. The molecule has 0 atom stereocenters. The Hall–Kier alpha value is -1.88. The molecule has 3 rings (SSSR count). The van der Waals surface area contributed by atoms with Crippen LogP contribution < -0.4 is 5.73 Å². The van der Waals surface area contributed by atoms with Crippen molar-refractivity contribution in [1.29, 1.82) is 0 Å². The number of thioether (sulfide) groups is 1. The van der Waals surface area contributed by atoms with E-state index in [-0.39, 0.29) is 0 Å². The monoisotopic (exact) mass is 258 g/mol. The molecule has 1 aromatic carbocycles. The van der Waals surface area contributed by atoms with Crippen molar-refractivity contribution < 1.29 is 0 Å². The molecular weight excluding hydrogens is 244 g/mol. The van der Waals surface area contributed by atoms with Crippen molar-refractivity contribution >= 4 is 23.1 Å². The number of hydrogen-bond donors (Lipinski definition) is 2. The smallest absolute Gasteiger partial charge is 0.158 e. The van der Waals surface area contributed by atoms with Gasteiger partial charge in [0.15, 0.2) is 5.65 Å². The van der Waals surface area contributed by atoms with Crippen LogP contribution in [0.3, 0.4) is 0 Å². The lowest BCUT2D eigenvalue weighted by Gasteiger charge is -1.96. The van der Waals surface area contributed by atoms with Crippen LogP contribution in [0.25, 0.3) is 16.9 Å². The van der Waals surface area contributed by atoms with Gasteiger partial charge in [0.25, 0.3) is 0 Å². The average Bonchev–Trinajstić information content (AvgIpc) is 2.93. The topological polar surface area (TPSA) is 59.1 Å². The predicted molar refractivity (Wildman–Crippen MR) is 75.8 cm³/mol. The minimum Gasteiger partial charge on any atom is -0.393 e. The van der Waals surface area contributed by atoms with Crippen molar-refractivity contribution in [2.75, 3.05) is 11.5 Å². The molecule has 0 aliphatic heterocycles. The second kappa shape index (κ2) is 4.42. The average molecular weight is 258 g/mol. The normalized spacial score (nSPS) is 11.2. The van der Waals surface area contributed by atoms with Crippen molar-refractivity contribution in [2.45, 2.75) is 11.9 Å². The molecule has 92 valence electrons. The van der Waals surface area contributed by atoms with Crippen molar-refractivity contribution in [2.24, 2.45) is 0 Å². The fraction of sp³-hybridized carbons (Fsp3) is 0.154. The van der Waals surface area contributed by atoms with Crippen molar-refractivity contribution in [3.63, 3.8) is 0 Å². The molecular formula is C13H14N4S. The Balaban J connectivity index is 2.08. The summed E-state index contributed by atoms with van der Waals surface area (Å²) in [6, 6.07) is 10.1. The van der Waals surface area contributed by atoms with Gasteiger partial charge in [-0.2, -0.15) is 5.10 Å². The number of imidazole rings is 1. The van der Waals surface area contributed by atoms with Gasteiger partial charge in [-0.25, -0.2) is 4.52 Å². The maximum absolute atomic E-state index is 6.08. The number of fused-ring (bicyclic) bond motifs is 1. The molecule has 0 radical (unpaired) electrons. The number of anilines is 1. The molecule has 0 saturated heterocycles. The van der Waals surface area contributed by atoms with Crippen molar-refractivity contribution in [3.05, 3.63) is 36.5 Å². The summed E-state index contributed by atoms with van der Waals surface area (Å²) in [6.45, 7) is 2.09. The summed E-state index contributed by atoms with van der Waals surface area (Å²) in [4.78, 5) is 3.32. The number of nitrogens with zero attached hydrogens (tertiary/aromatic N) is 2. The van der Waals surface area contributed by atoms with E-state index in [1.165, 1.54) is 0 Å². The van der Waals surface area contributed by atoms with Gasteiger partial charge in [0.05, 0.1) is 11.9 Å². The summed E-state index contributed by atoms with van der Waals surface area (Å²) in [7, 11) is 0. The van der Waals surface area contributed by atoms with Crippen LogP contribution in [-0.2, 0) is 0 Å². The highest BCUT2D eigenvalue weighted by Crippen LogP contribution is 2.29. The molecule has 4 nitrogen and oxygen atoms in total. The molecule has 0 amide bonds. The van der Waals surface area contributed by atoms with E-state index < -0.39 is 0 Å². The molecule has 3 aromatic rings. The Bertz CT molecular complexity index is 669. The van der Waals surface area contributed by atoms with Gasteiger partial charge in [0, 0.05) is 0 Å². The SMILES string of the molecule is CCSc1nn2cc(-c3ccccc3)[nH]c2c1N. The van der Waals surface area contributed by atoms with Gasteiger partial charge in [-0.3, -0.25) is 0 Å². The van der Waals surface area contributed by atoms with Crippen LogP contribution in [0.1, 0.15) is 6.92 Å². The van der Waals surface area contributed by atoms with Gasteiger partial charge >= 0.3 is 0 Å². The van der Waals surface area contributed by atoms with Gasteiger partial charge in [-0.15, -0.1) is 11.8 Å². The number of aromatic amines is 1. The van der Waals surface area contributed by atoms with Crippen molar-refractivity contribution in [1.82, 2.24) is 14.6 Å². The maximum atomic E-state index is 6.08.